The summed E-state index contributed by atoms with van der Waals surface area (Å²) in [6.07, 6.45) is 0. The maximum Gasteiger partial charge on any atom is 0.256 e. The van der Waals surface area contributed by atoms with Crippen molar-refractivity contribution in [3.63, 3.8) is 0 Å². The molecule has 0 spiro atoms. The number of nitrogens with one attached hydrogen (secondary N) is 1. The number of benzene rings is 3. The summed E-state index contributed by atoms with van der Waals surface area (Å²) in [4.78, 5) is 16.0. The van der Waals surface area contributed by atoms with Gasteiger partial charge in [0.1, 0.15) is 11.5 Å². The number of aromatic amines is 1. The van der Waals surface area contributed by atoms with Crippen molar-refractivity contribution in [2.24, 2.45) is 0 Å². The molecule has 27 heavy (non-hydrogen) atoms. The highest BCUT2D eigenvalue weighted by Crippen LogP contribution is 2.41. The molecule has 0 aliphatic heterocycles. The third kappa shape index (κ3) is 2.95. The molecule has 0 radical (unpaired) electrons. The van der Waals surface area contributed by atoms with Crippen molar-refractivity contribution in [3.05, 3.63) is 83.2 Å². The minimum Gasteiger partial charge on any atom is -0.497 e. The van der Waals surface area contributed by atoms with E-state index in [2.05, 4.69) is 4.98 Å². The van der Waals surface area contributed by atoms with E-state index in [9.17, 15) is 4.79 Å². The molecule has 4 aromatic rings. The molecule has 1 aromatic heterocycles. The van der Waals surface area contributed by atoms with Gasteiger partial charge >= 0.3 is 0 Å². The number of rotatable bonds is 4. The highest BCUT2D eigenvalue weighted by molar-refractivity contribution is 6.06. The molecule has 4 rings (SSSR count). The molecule has 1 N–H and O–H groups in total. The molecule has 0 fully saturated rings. The topological polar surface area (TPSA) is 51.3 Å². The Bertz CT molecular complexity index is 1150. The molecule has 3 aromatic carbocycles. The molecule has 0 aliphatic rings. The predicted molar refractivity (Wildman–Crippen MR) is 109 cm³/mol. The first-order chi connectivity index (χ1) is 13.2. The van der Waals surface area contributed by atoms with Crippen LogP contribution in [0.1, 0.15) is 0 Å². The first-order valence-electron chi connectivity index (χ1n) is 8.65. The summed E-state index contributed by atoms with van der Waals surface area (Å²) < 4.78 is 11.0. The van der Waals surface area contributed by atoms with Crippen LogP contribution >= 0.6 is 0 Å². The van der Waals surface area contributed by atoms with Crippen molar-refractivity contribution in [2.45, 2.75) is 0 Å². The van der Waals surface area contributed by atoms with Crippen LogP contribution in [0, 0.1) is 0 Å². The minimum absolute atomic E-state index is 0.180. The van der Waals surface area contributed by atoms with Crippen LogP contribution in [0.25, 0.3) is 33.2 Å². The Hall–Kier alpha value is -3.53. The molecule has 0 amide bonds. The van der Waals surface area contributed by atoms with E-state index in [-0.39, 0.29) is 5.56 Å². The monoisotopic (exact) mass is 357 g/mol. The Labute approximate surface area is 157 Å². The van der Waals surface area contributed by atoms with E-state index in [1.165, 1.54) is 0 Å². The number of ether oxygens (including phenoxy) is 2. The average Bonchev–Trinajstić information content (AvgIpc) is 2.74. The van der Waals surface area contributed by atoms with Crippen molar-refractivity contribution >= 4 is 10.8 Å². The summed E-state index contributed by atoms with van der Waals surface area (Å²) in [6, 6.07) is 23.4. The van der Waals surface area contributed by atoms with E-state index in [0.717, 1.165) is 27.8 Å². The summed E-state index contributed by atoms with van der Waals surface area (Å²) in [7, 11) is 3.18. The second-order valence-electron chi connectivity index (χ2n) is 6.19. The molecule has 0 saturated carbocycles. The van der Waals surface area contributed by atoms with Gasteiger partial charge in [-0.2, -0.15) is 0 Å². The number of hydrogen-bond donors (Lipinski definition) is 1. The molecule has 0 saturated heterocycles. The number of methoxy groups -OCH3 is 2. The van der Waals surface area contributed by atoms with Crippen molar-refractivity contribution in [3.8, 4) is 33.9 Å². The van der Waals surface area contributed by atoms with Gasteiger partial charge < -0.3 is 14.5 Å². The molecule has 0 aliphatic carbocycles. The predicted octanol–water partition coefficient (Wildman–Crippen LogP) is 4.88. The second-order valence-corrected chi connectivity index (χ2v) is 6.19. The van der Waals surface area contributed by atoms with Gasteiger partial charge in [-0.3, -0.25) is 4.79 Å². The maximum absolute atomic E-state index is 12.9. The second kappa shape index (κ2) is 7.00. The molecule has 4 nitrogen and oxygen atoms in total. The fraction of sp³-hybridized carbons (Fsp3) is 0.0870. The van der Waals surface area contributed by atoms with Crippen LogP contribution in [0.2, 0.25) is 0 Å². The zero-order chi connectivity index (χ0) is 18.8. The molecular formula is C23H19NO3. The number of hydrogen-bond acceptors (Lipinski definition) is 3. The van der Waals surface area contributed by atoms with Gasteiger partial charge in [0.05, 0.1) is 25.3 Å². The quantitative estimate of drug-likeness (QED) is 0.566. The fourth-order valence-corrected chi connectivity index (χ4v) is 3.39. The molecule has 0 unspecified atom stereocenters. The van der Waals surface area contributed by atoms with Crippen molar-refractivity contribution in [2.75, 3.05) is 14.2 Å². The van der Waals surface area contributed by atoms with Gasteiger partial charge in [0, 0.05) is 17.0 Å². The Morgan fingerprint density at radius 2 is 1.41 bits per heavy atom. The number of fused-ring (bicyclic) bond motifs is 1. The average molecular weight is 357 g/mol. The largest absolute Gasteiger partial charge is 0.497 e. The van der Waals surface area contributed by atoms with Gasteiger partial charge in [0.15, 0.2) is 0 Å². The number of aromatic nitrogens is 1. The fourth-order valence-electron chi connectivity index (χ4n) is 3.39. The van der Waals surface area contributed by atoms with Crippen LogP contribution in [-0.4, -0.2) is 19.2 Å². The SMILES string of the molecule is COc1cc(OC)c2c(-c3ccccc3)c(-c3ccccc3)[nH]c(=O)c2c1. The lowest BCUT2D eigenvalue weighted by molar-refractivity contribution is 0.398. The number of pyridine rings is 1. The van der Waals surface area contributed by atoms with E-state index >= 15 is 0 Å². The van der Waals surface area contributed by atoms with Crippen LogP contribution in [0.5, 0.6) is 11.5 Å². The highest BCUT2D eigenvalue weighted by atomic mass is 16.5. The van der Waals surface area contributed by atoms with E-state index in [1.807, 2.05) is 66.7 Å². The molecule has 134 valence electrons. The lowest BCUT2D eigenvalue weighted by Gasteiger charge is -2.17. The summed E-state index contributed by atoms with van der Waals surface area (Å²) in [5, 5.41) is 1.30. The Morgan fingerprint density at radius 1 is 0.778 bits per heavy atom. The molecule has 0 bridgehead atoms. The zero-order valence-corrected chi connectivity index (χ0v) is 15.2. The Kier molecular flexibility index (Phi) is 4.38. The van der Waals surface area contributed by atoms with E-state index in [4.69, 9.17) is 9.47 Å². The zero-order valence-electron chi connectivity index (χ0n) is 15.2. The summed E-state index contributed by atoms with van der Waals surface area (Å²) >= 11 is 0. The smallest absolute Gasteiger partial charge is 0.256 e. The molecular weight excluding hydrogens is 338 g/mol. The van der Waals surface area contributed by atoms with Gasteiger partial charge in [-0.1, -0.05) is 60.7 Å². The van der Waals surface area contributed by atoms with Crippen LogP contribution in [0.15, 0.2) is 77.6 Å². The lowest BCUT2D eigenvalue weighted by Crippen LogP contribution is -2.10. The summed E-state index contributed by atoms with van der Waals surface area (Å²) in [6.45, 7) is 0. The lowest BCUT2D eigenvalue weighted by atomic mass is 9.93. The van der Waals surface area contributed by atoms with E-state index in [0.29, 0.717) is 16.9 Å². The van der Waals surface area contributed by atoms with Gasteiger partial charge in [-0.05, 0) is 17.2 Å². The molecule has 0 atom stereocenters. The first-order valence-corrected chi connectivity index (χ1v) is 8.65. The van der Waals surface area contributed by atoms with Crippen LogP contribution in [-0.2, 0) is 0 Å². The third-order valence-electron chi connectivity index (χ3n) is 4.64. The van der Waals surface area contributed by atoms with Crippen LogP contribution in [0.3, 0.4) is 0 Å². The van der Waals surface area contributed by atoms with Crippen LogP contribution in [0.4, 0.5) is 0 Å². The van der Waals surface area contributed by atoms with Gasteiger partial charge in [0.25, 0.3) is 5.56 Å². The number of H-pyrrole nitrogens is 1. The minimum atomic E-state index is -0.180. The van der Waals surface area contributed by atoms with Gasteiger partial charge in [-0.25, -0.2) is 0 Å². The Morgan fingerprint density at radius 3 is 2.00 bits per heavy atom. The van der Waals surface area contributed by atoms with Gasteiger partial charge in [0.2, 0.25) is 0 Å². The Balaban J connectivity index is 2.20. The highest BCUT2D eigenvalue weighted by Gasteiger charge is 2.19. The maximum atomic E-state index is 12.9. The normalized spacial score (nSPS) is 10.7. The first kappa shape index (κ1) is 16.9. The molecule has 1 heterocycles. The standard InChI is InChI=1S/C23H19NO3/c1-26-17-13-18-21(19(14-17)27-2)20(15-9-5-3-6-10-15)22(24-23(18)25)16-11-7-4-8-12-16/h3-14H,1-2H3,(H,24,25). The summed E-state index contributed by atoms with van der Waals surface area (Å²) in [5.74, 6) is 1.18. The van der Waals surface area contributed by atoms with E-state index < -0.39 is 0 Å². The van der Waals surface area contributed by atoms with Crippen molar-refractivity contribution < 1.29 is 9.47 Å². The van der Waals surface area contributed by atoms with Crippen LogP contribution < -0.4 is 15.0 Å². The van der Waals surface area contributed by atoms with Crippen molar-refractivity contribution in [1.29, 1.82) is 0 Å². The third-order valence-corrected chi connectivity index (χ3v) is 4.64. The molecule has 4 heteroatoms. The van der Waals surface area contributed by atoms with Gasteiger partial charge in [-0.15, -0.1) is 0 Å². The van der Waals surface area contributed by atoms with E-state index in [1.54, 1.807) is 20.3 Å². The summed E-state index contributed by atoms with van der Waals surface area (Å²) in [5.41, 5.74) is 3.45. The van der Waals surface area contributed by atoms with Crippen molar-refractivity contribution in [1.82, 2.24) is 4.98 Å².